The molecule has 0 aliphatic heterocycles. The first-order valence-corrected chi connectivity index (χ1v) is 4.46. The van der Waals surface area contributed by atoms with E-state index in [1.54, 1.807) is 6.07 Å². The highest BCUT2D eigenvalue weighted by molar-refractivity contribution is 6.31. The van der Waals surface area contributed by atoms with E-state index in [9.17, 15) is 14.0 Å². The second-order valence-electron chi connectivity index (χ2n) is 2.67. The number of carbonyl (C=O) groups is 2. The maximum atomic E-state index is 13.1. The lowest BCUT2D eigenvalue weighted by Crippen LogP contribution is -2.09. The van der Waals surface area contributed by atoms with Gasteiger partial charge >= 0.3 is 0 Å². The molecule has 0 saturated heterocycles. The smallest absolute Gasteiger partial charge is 0.179 e. The van der Waals surface area contributed by atoms with Crippen LogP contribution in [0.2, 0.25) is 0 Å². The summed E-state index contributed by atoms with van der Waals surface area (Å²) in [5, 5.41) is 8.66. The SMILES string of the molecule is N#Cc1c(F)ccc(C=O)c1C(=O)CCl. The van der Waals surface area contributed by atoms with Crippen LogP contribution in [0.15, 0.2) is 12.1 Å². The molecule has 1 aromatic rings. The number of Topliss-reactive ketones (excluding diaryl/α,β-unsaturated/α-hetero) is 1. The fraction of sp³-hybridized carbons (Fsp3) is 0.100. The average Bonchev–Trinajstić information content (AvgIpc) is 2.27. The van der Waals surface area contributed by atoms with Crippen molar-refractivity contribution in [3.05, 3.63) is 34.6 Å². The summed E-state index contributed by atoms with van der Waals surface area (Å²) in [7, 11) is 0. The molecule has 0 bridgehead atoms. The number of carbonyl (C=O) groups excluding carboxylic acids is 2. The second kappa shape index (κ2) is 4.67. The predicted molar refractivity (Wildman–Crippen MR) is 51.6 cm³/mol. The molecule has 0 amide bonds. The lowest BCUT2D eigenvalue weighted by Gasteiger charge is -2.04. The highest BCUT2D eigenvalue weighted by atomic mass is 35.5. The summed E-state index contributed by atoms with van der Waals surface area (Å²) in [5.74, 6) is -1.88. The number of benzene rings is 1. The van der Waals surface area contributed by atoms with Crippen LogP contribution in [0.3, 0.4) is 0 Å². The van der Waals surface area contributed by atoms with Gasteiger partial charge in [0.15, 0.2) is 12.1 Å². The summed E-state index contributed by atoms with van der Waals surface area (Å²) in [6.45, 7) is 0. The summed E-state index contributed by atoms with van der Waals surface area (Å²) in [5.41, 5.74) is -0.716. The van der Waals surface area contributed by atoms with Crippen LogP contribution in [-0.4, -0.2) is 17.9 Å². The van der Waals surface area contributed by atoms with E-state index in [-0.39, 0.29) is 11.1 Å². The number of hydrogen-bond donors (Lipinski definition) is 0. The second-order valence-corrected chi connectivity index (χ2v) is 2.94. The van der Waals surface area contributed by atoms with Gasteiger partial charge in [0.25, 0.3) is 0 Å². The Labute approximate surface area is 90.1 Å². The molecule has 0 heterocycles. The quantitative estimate of drug-likeness (QED) is 0.449. The van der Waals surface area contributed by atoms with Crippen molar-refractivity contribution in [3.63, 3.8) is 0 Å². The molecule has 1 aromatic carbocycles. The van der Waals surface area contributed by atoms with Crippen molar-refractivity contribution in [1.29, 1.82) is 5.26 Å². The van der Waals surface area contributed by atoms with E-state index < -0.39 is 23.0 Å². The number of nitriles is 1. The van der Waals surface area contributed by atoms with E-state index in [0.717, 1.165) is 12.1 Å². The van der Waals surface area contributed by atoms with Crippen molar-refractivity contribution in [1.82, 2.24) is 0 Å². The van der Waals surface area contributed by atoms with Gasteiger partial charge in [0, 0.05) is 5.56 Å². The van der Waals surface area contributed by atoms with Gasteiger partial charge in [-0.1, -0.05) is 0 Å². The van der Waals surface area contributed by atoms with Gasteiger partial charge in [-0.25, -0.2) is 4.39 Å². The third-order valence-electron chi connectivity index (χ3n) is 1.83. The predicted octanol–water partition coefficient (Wildman–Crippen LogP) is 1.93. The molecule has 0 aromatic heterocycles. The van der Waals surface area contributed by atoms with Gasteiger partial charge in [-0.05, 0) is 12.1 Å². The molecular formula is C10H5ClFNO2. The maximum absolute atomic E-state index is 13.1. The Balaban J connectivity index is 3.56. The van der Waals surface area contributed by atoms with Gasteiger partial charge in [0.1, 0.15) is 11.9 Å². The Morgan fingerprint density at radius 1 is 1.60 bits per heavy atom. The van der Waals surface area contributed by atoms with E-state index in [0.29, 0.717) is 6.29 Å². The van der Waals surface area contributed by atoms with Crippen LogP contribution < -0.4 is 0 Å². The van der Waals surface area contributed by atoms with Crippen molar-refractivity contribution in [2.24, 2.45) is 0 Å². The monoisotopic (exact) mass is 225 g/mol. The molecule has 15 heavy (non-hydrogen) atoms. The molecular weight excluding hydrogens is 221 g/mol. The Kier molecular flexibility index (Phi) is 3.53. The minimum Gasteiger partial charge on any atom is -0.298 e. The van der Waals surface area contributed by atoms with E-state index in [1.165, 1.54) is 0 Å². The summed E-state index contributed by atoms with van der Waals surface area (Å²) >= 11 is 5.30. The number of halogens is 2. The van der Waals surface area contributed by atoms with Crippen molar-refractivity contribution in [3.8, 4) is 6.07 Å². The Hall–Kier alpha value is -1.73. The fourth-order valence-corrected chi connectivity index (χ4v) is 1.30. The van der Waals surface area contributed by atoms with Crippen molar-refractivity contribution in [2.75, 3.05) is 5.88 Å². The number of nitrogens with zero attached hydrogens (tertiary/aromatic N) is 1. The molecule has 0 unspecified atom stereocenters. The van der Waals surface area contributed by atoms with Crippen LogP contribution in [0.1, 0.15) is 26.3 Å². The first-order chi connectivity index (χ1) is 7.15. The molecule has 76 valence electrons. The van der Waals surface area contributed by atoms with Crippen molar-refractivity contribution >= 4 is 23.7 Å². The molecule has 0 saturated carbocycles. The van der Waals surface area contributed by atoms with Gasteiger partial charge < -0.3 is 0 Å². The highest BCUT2D eigenvalue weighted by Crippen LogP contribution is 2.17. The standard InChI is InChI=1S/C10H5ClFNO2/c11-3-9(15)10-6(5-14)1-2-8(12)7(10)4-13/h1-2,5H,3H2. The van der Waals surface area contributed by atoms with Crippen LogP contribution in [0.4, 0.5) is 4.39 Å². The third kappa shape index (κ3) is 2.03. The molecule has 0 fully saturated rings. The molecule has 5 heteroatoms. The normalized spacial score (nSPS) is 9.40. The number of aldehydes is 1. The minimum absolute atomic E-state index is 0.0291. The Bertz CT molecular complexity index is 465. The first-order valence-electron chi connectivity index (χ1n) is 3.92. The first kappa shape index (κ1) is 11.3. The number of rotatable bonds is 3. The summed E-state index contributed by atoms with van der Waals surface area (Å²) in [4.78, 5) is 21.9. The average molecular weight is 226 g/mol. The lowest BCUT2D eigenvalue weighted by molar-refractivity contribution is 0.101. The van der Waals surface area contributed by atoms with Crippen LogP contribution in [0.25, 0.3) is 0 Å². The Morgan fingerprint density at radius 2 is 2.27 bits per heavy atom. The van der Waals surface area contributed by atoms with Gasteiger partial charge in [0.2, 0.25) is 0 Å². The molecule has 1 rings (SSSR count). The van der Waals surface area contributed by atoms with E-state index in [2.05, 4.69) is 0 Å². The minimum atomic E-state index is -0.837. The number of alkyl halides is 1. The zero-order valence-corrected chi connectivity index (χ0v) is 8.21. The number of ketones is 1. The van der Waals surface area contributed by atoms with Gasteiger partial charge in [-0.15, -0.1) is 11.6 Å². The Morgan fingerprint density at radius 3 is 2.73 bits per heavy atom. The van der Waals surface area contributed by atoms with Gasteiger partial charge in [-0.2, -0.15) is 5.26 Å². The van der Waals surface area contributed by atoms with Crippen LogP contribution in [0, 0.1) is 17.1 Å². The topological polar surface area (TPSA) is 57.9 Å². The fourth-order valence-electron chi connectivity index (χ4n) is 1.17. The van der Waals surface area contributed by atoms with Gasteiger partial charge in [0.05, 0.1) is 17.0 Å². The van der Waals surface area contributed by atoms with E-state index in [1.807, 2.05) is 0 Å². The van der Waals surface area contributed by atoms with Crippen molar-refractivity contribution in [2.45, 2.75) is 0 Å². The summed E-state index contributed by atoms with van der Waals surface area (Å²) < 4.78 is 13.1. The molecule has 0 spiro atoms. The molecule has 0 radical (unpaired) electrons. The molecule has 0 aliphatic rings. The van der Waals surface area contributed by atoms with E-state index in [4.69, 9.17) is 16.9 Å². The van der Waals surface area contributed by atoms with Crippen LogP contribution in [-0.2, 0) is 0 Å². The van der Waals surface area contributed by atoms with Gasteiger partial charge in [-0.3, -0.25) is 9.59 Å². The zero-order valence-electron chi connectivity index (χ0n) is 7.46. The van der Waals surface area contributed by atoms with Crippen molar-refractivity contribution < 1.29 is 14.0 Å². The molecule has 0 N–H and O–H groups in total. The highest BCUT2D eigenvalue weighted by Gasteiger charge is 2.18. The van der Waals surface area contributed by atoms with Crippen LogP contribution in [0.5, 0.6) is 0 Å². The molecule has 3 nitrogen and oxygen atoms in total. The third-order valence-corrected chi connectivity index (χ3v) is 2.07. The largest absolute Gasteiger partial charge is 0.298 e. The zero-order chi connectivity index (χ0) is 11.4. The molecule has 0 atom stereocenters. The lowest BCUT2D eigenvalue weighted by atomic mass is 9.99. The van der Waals surface area contributed by atoms with Crippen LogP contribution >= 0.6 is 11.6 Å². The number of hydrogen-bond acceptors (Lipinski definition) is 3. The summed E-state index contributed by atoms with van der Waals surface area (Å²) in [6, 6.07) is 3.65. The maximum Gasteiger partial charge on any atom is 0.179 e. The molecule has 0 aliphatic carbocycles. The van der Waals surface area contributed by atoms with E-state index >= 15 is 0 Å². The summed E-state index contributed by atoms with van der Waals surface area (Å²) in [6.07, 6.45) is 0.389.